The van der Waals surface area contributed by atoms with Gasteiger partial charge in [-0.3, -0.25) is 4.79 Å². The van der Waals surface area contributed by atoms with Gasteiger partial charge in [-0.2, -0.15) is 0 Å². The van der Waals surface area contributed by atoms with E-state index in [1.54, 1.807) is 24.3 Å². The number of carbonyl (C=O) groups is 1. The fourth-order valence-corrected chi connectivity index (χ4v) is 1.86. The molecule has 0 spiro atoms. The Morgan fingerprint density at radius 3 is 2.85 bits per heavy atom. The van der Waals surface area contributed by atoms with E-state index in [0.29, 0.717) is 22.8 Å². The van der Waals surface area contributed by atoms with E-state index in [0.717, 1.165) is 0 Å². The van der Waals surface area contributed by atoms with E-state index in [2.05, 4.69) is 0 Å². The number of ether oxygens (including phenoxy) is 3. The van der Waals surface area contributed by atoms with E-state index in [9.17, 15) is 9.18 Å². The lowest BCUT2D eigenvalue weighted by Gasteiger charge is -2.06. The molecule has 5 heteroatoms. The first-order chi connectivity index (χ1) is 9.72. The third-order valence-electron chi connectivity index (χ3n) is 2.86. The average molecular weight is 274 g/mol. The van der Waals surface area contributed by atoms with E-state index in [1.165, 1.54) is 18.2 Å². The molecule has 0 amide bonds. The summed E-state index contributed by atoms with van der Waals surface area (Å²) in [5.41, 5.74) is 0.464. The monoisotopic (exact) mass is 274 g/mol. The Hall–Kier alpha value is -2.56. The fourth-order valence-electron chi connectivity index (χ4n) is 1.86. The molecule has 0 bridgehead atoms. The van der Waals surface area contributed by atoms with E-state index in [1.807, 2.05) is 0 Å². The van der Waals surface area contributed by atoms with Crippen molar-refractivity contribution in [1.82, 2.24) is 0 Å². The van der Waals surface area contributed by atoms with Gasteiger partial charge in [-0.15, -0.1) is 0 Å². The van der Waals surface area contributed by atoms with Crippen LogP contribution in [0.5, 0.6) is 17.2 Å². The van der Waals surface area contributed by atoms with Gasteiger partial charge in [-0.1, -0.05) is 6.07 Å². The number of rotatable bonds is 4. The molecule has 4 nitrogen and oxygen atoms in total. The summed E-state index contributed by atoms with van der Waals surface area (Å²) in [5, 5.41) is 0. The molecular weight excluding hydrogens is 263 g/mol. The lowest BCUT2D eigenvalue weighted by Crippen LogP contribution is -2.11. The highest BCUT2D eigenvalue weighted by molar-refractivity contribution is 5.97. The van der Waals surface area contributed by atoms with Gasteiger partial charge in [0, 0.05) is 11.6 Å². The molecule has 1 aliphatic rings. The zero-order valence-corrected chi connectivity index (χ0v) is 10.5. The number of Topliss-reactive ketones (excluding diaryl/α,β-unsaturated/α-hetero) is 1. The van der Waals surface area contributed by atoms with Crippen molar-refractivity contribution in [3.05, 3.63) is 53.8 Å². The summed E-state index contributed by atoms with van der Waals surface area (Å²) in [5.74, 6) is 0.860. The first-order valence-electron chi connectivity index (χ1n) is 6.03. The van der Waals surface area contributed by atoms with Crippen LogP contribution in [0.25, 0.3) is 0 Å². The topological polar surface area (TPSA) is 44.8 Å². The molecule has 20 heavy (non-hydrogen) atoms. The van der Waals surface area contributed by atoms with Gasteiger partial charge >= 0.3 is 0 Å². The van der Waals surface area contributed by atoms with Crippen molar-refractivity contribution < 1.29 is 23.4 Å². The average Bonchev–Trinajstić information content (AvgIpc) is 2.92. The molecular formula is C15H11FO4. The van der Waals surface area contributed by atoms with Crippen LogP contribution in [0.1, 0.15) is 10.4 Å². The second-order valence-electron chi connectivity index (χ2n) is 4.24. The van der Waals surface area contributed by atoms with Crippen molar-refractivity contribution >= 4 is 5.78 Å². The van der Waals surface area contributed by atoms with Gasteiger partial charge in [0.25, 0.3) is 0 Å². The third-order valence-corrected chi connectivity index (χ3v) is 2.86. The van der Waals surface area contributed by atoms with Crippen LogP contribution in [0, 0.1) is 5.82 Å². The van der Waals surface area contributed by atoms with Crippen LogP contribution in [0.3, 0.4) is 0 Å². The summed E-state index contributed by atoms with van der Waals surface area (Å²) in [6.07, 6.45) is 0. The van der Waals surface area contributed by atoms with Gasteiger partial charge in [-0.25, -0.2) is 4.39 Å². The molecule has 2 aromatic rings. The Bertz CT molecular complexity index is 654. The predicted molar refractivity (Wildman–Crippen MR) is 68.8 cm³/mol. The largest absolute Gasteiger partial charge is 0.485 e. The van der Waals surface area contributed by atoms with Crippen LogP contribution in [0.15, 0.2) is 42.5 Å². The molecule has 0 aromatic heterocycles. The van der Waals surface area contributed by atoms with E-state index in [4.69, 9.17) is 14.2 Å². The first-order valence-corrected chi connectivity index (χ1v) is 6.03. The summed E-state index contributed by atoms with van der Waals surface area (Å²) in [4.78, 5) is 12.0. The Labute approximate surface area is 114 Å². The molecule has 0 saturated heterocycles. The van der Waals surface area contributed by atoms with Gasteiger partial charge in [0.2, 0.25) is 6.79 Å². The minimum absolute atomic E-state index is 0.159. The Balaban J connectivity index is 1.67. The smallest absolute Gasteiger partial charge is 0.231 e. The molecule has 0 atom stereocenters. The van der Waals surface area contributed by atoms with E-state index in [-0.39, 0.29) is 19.2 Å². The van der Waals surface area contributed by atoms with Crippen LogP contribution in [-0.2, 0) is 0 Å². The number of ketones is 1. The summed E-state index contributed by atoms with van der Waals surface area (Å²) < 4.78 is 28.6. The van der Waals surface area contributed by atoms with Crippen LogP contribution in [0.4, 0.5) is 4.39 Å². The molecule has 1 heterocycles. The number of fused-ring (bicyclic) bond motifs is 1. The highest BCUT2D eigenvalue weighted by Gasteiger charge is 2.16. The minimum atomic E-state index is -0.405. The van der Waals surface area contributed by atoms with Gasteiger partial charge in [0.05, 0.1) is 0 Å². The summed E-state index contributed by atoms with van der Waals surface area (Å²) in [7, 11) is 0. The van der Waals surface area contributed by atoms with Crippen molar-refractivity contribution in [3.63, 3.8) is 0 Å². The zero-order valence-electron chi connectivity index (χ0n) is 10.5. The highest BCUT2D eigenvalue weighted by atomic mass is 19.1. The van der Waals surface area contributed by atoms with Gasteiger partial charge in [-0.05, 0) is 30.3 Å². The molecule has 0 aliphatic carbocycles. The van der Waals surface area contributed by atoms with Gasteiger partial charge < -0.3 is 14.2 Å². The quantitative estimate of drug-likeness (QED) is 0.804. The van der Waals surface area contributed by atoms with Crippen LogP contribution in [-0.4, -0.2) is 19.2 Å². The molecule has 0 fully saturated rings. The van der Waals surface area contributed by atoms with Gasteiger partial charge in [0.15, 0.2) is 23.9 Å². The maximum Gasteiger partial charge on any atom is 0.231 e. The van der Waals surface area contributed by atoms with Crippen LogP contribution >= 0.6 is 0 Å². The summed E-state index contributed by atoms with van der Waals surface area (Å²) >= 11 is 0. The Morgan fingerprint density at radius 1 is 1.15 bits per heavy atom. The van der Waals surface area contributed by atoms with Crippen LogP contribution in [0.2, 0.25) is 0 Å². The molecule has 3 rings (SSSR count). The number of hydrogen-bond acceptors (Lipinski definition) is 4. The third kappa shape index (κ3) is 2.56. The molecule has 0 N–H and O–H groups in total. The van der Waals surface area contributed by atoms with Crippen molar-refractivity contribution in [2.75, 3.05) is 13.4 Å². The molecule has 0 unspecified atom stereocenters. The fraction of sp³-hybridized carbons (Fsp3) is 0.133. The Kier molecular flexibility index (Phi) is 3.25. The van der Waals surface area contributed by atoms with Crippen molar-refractivity contribution in [2.24, 2.45) is 0 Å². The molecule has 0 radical (unpaired) electrons. The second-order valence-corrected chi connectivity index (χ2v) is 4.24. The number of halogens is 1. The molecule has 1 aliphatic heterocycles. The van der Waals surface area contributed by atoms with Crippen LogP contribution < -0.4 is 14.2 Å². The van der Waals surface area contributed by atoms with Gasteiger partial charge in [0.1, 0.15) is 11.6 Å². The normalized spacial score (nSPS) is 12.2. The second kappa shape index (κ2) is 5.21. The molecule has 2 aromatic carbocycles. The maximum atomic E-state index is 13.0. The summed E-state index contributed by atoms with van der Waals surface area (Å²) in [6.45, 7) is -0.00410. The predicted octanol–water partition coefficient (Wildman–Crippen LogP) is 2.82. The van der Waals surface area contributed by atoms with E-state index < -0.39 is 5.82 Å². The summed E-state index contributed by atoms with van der Waals surface area (Å²) in [6, 6.07) is 10.6. The SMILES string of the molecule is O=C(COc1cccc(F)c1)c1ccc2c(c1)OCO2. The number of hydrogen-bond donors (Lipinski definition) is 0. The Morgan fingerprint density at radius 2 is 2.00 bits per heavy atom. The number of benzene rings is 2. The lowest BCUT2D eigenvalue weighted by molar-refractivity contribution is 0.0921. The first kappa shape index (κ1) is 12.5. The molecule has 102 valence electrons. The highest BCUT2D eigenvalue weighted by Crippen LogP contribution is 2.32. The zero-order chi connectivity index (χ0) is 13.9. The van der Waals surface area contributed by atoms with Crippen molar-refractivity contribution in [1.29, 1.82) is 0 Å². The maximum absolute atomic E-state index is 13.0. The van der Waals surface area contributed by atoms with Crippen molar-refractivity contribution in [2.45, 2.75) is 0 Å². The standard InChI is InChI=1S/C15H11FO4/c16-11-2-1-3-12(7-11)18-8-13(17)10-4-5-14-15(6-10)20-9-19-14/h1-7H,8-9H2. The number of carbonyl (C=O) groups excluding carboxylic acids is 1. The molecule has 0 saturated carbocycles. The minimum Gasteiger partial charge on any atom is -0.485 e. The van der Waals surface area contributed by atoms with Crippen molar-refractivity contribution in [3.8, 4) is 17.2 Å². The van der Waals surface area contributed by atoms with E-state index >= 15 is 0 Å². The lowest BCUT2D eigenvalue weighted by atomic mass is 10.1.